The van der Waals surface area contributed by atoms with Gasteiger partial charge in [-0.1, -0.05) is 12.1 Å². The Hall–Kier alpha value is -1.11. The number of halogens is 1. The van der Waals surface area contributed by atoms with Crippen LogP contribution in [0.15, 0.2) is 24.3 Å². The summed E-state index contributed by atoms with van der Waals surface area (Å²) >= 11 is 2.19. The number of rotatable bonds is 4. The molecular weight excluding hydrogens is 333 g/mol. The van der Waals surface area contributed by atoms with Crippen LogP contribution in [0.25, 0.3) is 0 Å². The van der Waals surface area contributed by atoms with Gasteiger partial charge in [-0.15, -0.1) is 0 Å². The van der Waals surface area contributed by atoms with Crippen LogP contribution in [0, 0.1) is 3.57 Å². The second kappa shape index (κ2) is 6.00. The summed E-state index contributed by atoms with van der Waals surface area (Å²) in [6, 6.07) is 6.79. The van der Waals surface area contributed by atoms with Gasteiger partial charge in [-0.05, 0) is 47.2 Å². The summed E-state index contributed by atoms with van der Waals surface area (Å²) in [5.74, 6) is -1.19. The molecule has 17 heavy (non-hydrogen) atoms. The fraction of sp³-hybridized carbons (Fsp3) is 0.333. The van der Waals surface area contributed by atoms with Crippen molar-refractivity contribution in [3.63, 3.8) is 0 Å². The lowest BCUT2D eigenvalue weighted by molar-refractivity contribution is -0.147. The first kappa shape index (κ1) is 14.0. The zero-order valence-corrected chi connectivity index (χ0v) is 11.8. The molecule has 5 heteroatoms. The molecule has 0 aromatic heterocycles. The van der Waals surface area contributed by atoms with Crippen molar-refractivity contribution in [2.45, 2.75) is 19.4 Å². The Morgan fingerprint density at radius 2 is 1.88 bits per heavy atom. The van der Waals surface area contributed by atoms with Crippen LogP contribution in [0.2, 0.25) is 0 Å². The SMILES string of the molecule is CC(C(=O)O)N(C)C(=O)Cc1ccc(I)cc1. The first-order valence-corrected chi connectivity index (χ1v) is 6.22. The fourth-order valence-electron chi connectivity index (χ4n) is 1.28. The molecule has 0 aliphatic heterocycles. The van der Waals surface area contributed by atoms with E-state index in [1.54, 1.807) is 0 Å². The van der Waals surface area contributed by atoms with E-state index in [9.17, 15) is 9.59 Å². The summed E-state index contributed by atoms with van der Waals surface area (Å²) in [4.78, 5) is 23.8. The molecule has 0 aliphatic carbocycles. The molecule has 0 saturated carbocycles. The molecule has 0 spiro atoms. The van der Waals surface area contributed by atoms with Crippen LogP contribution < -0.4 is 0 Å². The molecule has 1 rings (SSSR count). The van der Waals surface area contributed by atoms with Crippen LogP contribution in [0.4, 0.5) is 0 Å². The van der Waals surface area contributed by atoms with Crippen molar-refractivity contribution in [2.75, 3.05) is 7.05 Å². The van der Waals surface area contributed by atoms with E-state index in [4.69, 9.17) is 5.11 Å². The number of carbonyl (C=O) groups is 2. The maximum absolute atomic E-state index is 11.8. The Morgan fingerprint density at radius 1 is 1.35 bits per heavy atom. The first-order chi connectivity index (χ1) is 7.91. The number of likely N-dealkylation sites (N-methyl/N-ethyl adjacent to an activating group) is 1. The summed E-state index contributed by atoms with van der Waals surface area (Å²) in [7, 11) is 1.51. The van der Waals surface area contributed by atoms with Gasteiger partial charge in [0.2, 0.25) is 5.91 Å². The molecule has 0 heterocycles. The minimum atomic E-state index is -0.997. The second-order valence-corrected chi connectivity index (χ2v) is 5.07. The average Bonchev–Trinajstić information content (AvgIpc) is 2.30. The maximum atomic E-state index is 11.8. The first-order valence-electron chi connectivity index (χ1n) is 5.14. The van der Waals surface area contributed by atoms with Crippen molar-refractivity contribution in [3.05, 3.63) is 33.4 Å². The molecule has 0 fully saturated rings. The average molecular weight is 347 g/mol. The Balaban J connectivity index is 2.66. The molecule has 1 atom stereocenters. The van der Waals surface area contributed by atoms with Gasteiger partial charge in [0.05, 0.1) is 6.42 Å². The van der Waals surface area contributed by atoms with Gasteiger partial charge >= 0.3 is 5.97 Å². The van der Waals surface area contributed by atoms with Crippen molar-refractivity contribution >= 4 is 34.5 Å². The molecule has 1 N–H and O–H groups in total. The van der Waals surface area contributed by atoms with Crippen molar-refractivity contribution in [2.24, 2.45) is 0 Å². The minimum absolute atomic E-state index is 0.193. The number of nitrogens with zero attached hydrogens (tertiary/aromatic N) is 1. The molecule has 0 aliphatic rings. The van der Waals surface area contributed by atoms with Gasteiger partial charge < -0.3 is 10.0 Å². The van der Waals surface area contributed by atoms with E-state index in [-0.39, 0.29) is 12.3 Å². The highest BCUT2D eigenvalue weighted by Crippen LogP contribution is 2.09. The number of aliphatic carboxylic acids is 1. The number of benzene rings is 1. The lowest BCUT2D eigenvalue weighted by Crippen LogP contribution is -2.41. The molecule has 4 nitrogen and oxygen atoms in total. The fourth-order valence-corrected chi connectivity index (χ4v) is 1.64. The van der Waals surface area contributed by atoms with E-state index in [2.05, 4.69) is 22.6 Å². The minimum Gasteiger partial charge on any atom is -0.480 e. The quantitative estimate of drug-likeness (QED) is 0.845. The molecule has 0 saturated heterocycles. The largest absolute Gasteiger partial charge is 0.480 e. The van der Waals surface area contributed by atoms with Gasteiger partial charge in [-0.2, -0.15) is 0 Å². The predicted octanol–water partition coefficient (Wildman–Crippen LogP) is 1.77. The number of carboxylic acid groups (broad SMARTS) is 1. The molecular formula is C12H14INO3. The van der Waals surface area contributed by atoms with E-state index < -0.39 is 12.0 Å². The van der Waals surface area contributed by atoms with Crippen molar-refractivity contribution in [1.29, 1.82) is 0 Å². The topological polar surface area (TPSA) is 57.6 Å². The van der Waals surface area contributed by atoms with Crippen LogP contribution in [-0.2, 0) is 16.0 Å². The lowest BCUT2D eigenvalue weighted by Gasteiger charge is -2.21. The summed E-state index contributed by atoms with van der Waals surface area (Å²) in [5, 5.41) is 8.81. The number of carbonyl (C=O) groups excluding carboxylic acids is 1. The Bertz CT molecular complexity index is 416. The van der Waals surface area contributed by atoms with Crippen LogP contribution in [-0.4, -0.2) is 35.0 Å². The highest BCUT2D eigenvalue weighted by Gasteiger charge is 2.21. The highest BCUT2D eigenvalue weighted by molar-refractivity contribution is 14.1. The maximum Gasteiger partial charge on any atom is 0.326 e. The van der Waals surface area contributed by atoms with E-state index in [0.29, 0.717) is 0 Å². The van der Waals surface area contributed by atoms with Gasteiger partial charge in [-0.3, -0.25) is 4.79 Å². The standard InChI is InChI=1S/C12H14INO3/c1-8(12(16)17)14(2)11(15)7-9-3-5-10(13)6-4-9/h3-6,8H,7H2,1-2H3,(H,16,17). The van der Waals surface area contributed by atoms with E-state index in [0.717, 1.165) is 9.13 Å². The van der Waals surface area contributed by atoms with Crippen LogP contribution in [0.1, 0.15) is 12.5 Å². The third-order valence-electron chi connectivity index (χ3n) is 2.60. The van der Waals surface area contributed by atoms with Crippen LogP contribution in [0.5, 0.6) is 0 Å². The third-order valence-corrected chi connectivity index (χ3v) is 3.32. The Kier molecular flexibility index (Phi) is 4.92. The summed E-state index contributed by atoms with van der Waals surface area (Å²) in [5.41, 5.74) is 0.889. The second-order valence-electron chi connectivity index (χ2n) is 3.82. The van der Waals surface area contributed by atoms with Gasteiger partial charge in [0, 0.05) is 10.6 Å². The molecule has 1 aromatic rings. The van der Waals surface area contributed by atoms with Crippen molar-refractivity contribution < 1.29 is 14.7 Å². The number of hydrogen-bond acceptors (Lipinski definition) is 2. The van der Waals surface area contributed by atoms with Gasteiger partial charge in [0.15, 0.2) is 0 Å². The van der Waals surface area contributed by atoms with Crippen LogP contribution >= 0.6 is 22.6 Å². The number of hydrogen-bond donors (Lipinski definition) is 1. The Morgan fingerprint density at radius 3 is 2.35 bits per heavy atom. The summed E-state index contributed by atoms with van der Waals surface area (Å²) in [6.45, 7) is 1.49. The van der Waals surface area contributed by atoms with Gasteiger partial charge in [0.25, 0.3) is 0 Å². The summed E-state index contributed by atoms with van der Waals surface area (Å²) in [6.07, 6.45) is 0.227. The number of amides is 1. The Labute approximate surface area is 114 Å². The molecule has 1 aromatic carbocycles. The van der Waals surface area contributed by atoms with Gasteiger partial charge in [-0.25, -0.2) is 4.79 Å². The molecule has 1 amide bonds. The molecule has 0 radical (unpaired) electrons. The summed E-state index contributed by atoms with van der Waals surface area (Å²) < 4.78 is 1.10. The third kappa shape index (κ3) is 3.99. The van der Waals surface area contributed by atoms with E-state index in [1.165, 1.54) is 18.9 Å². The predicted molar refractivity (Wildman–Crippen MR) is 72.7 cm³/mol. The van der Waals surface area contributed by atoms with E-state index >= 15 is 0 Å². The number of carboxylic acids is 1. The monoisotopic (exact) mass is 347 g/mol. The van der Waals surface area contributed by atoms with Crippen molar-refractivity contribution in [1.82, 2.24) is 4.90 Å². The van der Waals surface area contributed by atoms with Crippen LogP contribution in [0.3, 0.4) is 0 Å². The van der Waals surface area contributed by atoms with E-state index in [1.807, 2.05) is 24.3 Å². The lowest BCUT2D eigenvalue weighted by atomic mass is 10.1. The zero-order valence-electron chi connectivity index (χ0n) is 9.68. The molecule has 92 valence electrons. The van der Waals surface area contributed by atoms with Crippen molar-refractivity contribution in [3.8, 4) is 0 Å². The molecule has 1 unspecified atom stereocenters. The van der Waals surface area contributed by atoms with Gasteiger partial charge in [0.1, 0.15) is 6.04 Å². The normalized spacial score (nSPS) is 11.9. The zero-order chi connectivity index (χ0) is 13.0. The highest BCUT2D eigenvalue weighted by atomic mass is 127. The smallest absolute Gasteiger partial charge is 0.326 e. The molecule has 0 bridgehead atoms.